The van der Waals surface area contributed by atoms with Crippen molar-refractivity contribution in [1.29, 1.82) is 0 Å². The van der Waals surface area contributed by atoms with E-state index in [1.54, 1.807) is 6.92 Å². The molecule has 0 radical (unpaired) electrons. The highest BCUT2D eigenvalue weighted by Crippen LogP contribution is 2.31. The molecule has 0 aliphatic heterocycles. The number of halogens is 2. The normalized spacial score (nSPS) is 15.8. The molecular formula is C13H16F2O3. The Kier molecular flexibility index (Phi) is 4.78. The number of ether oxygens (including phenoxy) is 1. The first-order valence-electron chi connectivity index (χ1n) is 5.74. The van der Waals surface area contributed by atoms with Gasteiger partial charge in [-0.3, -0.25) is 0 Å². The van der Waals surface area contributed by atoms with Crippen molar-refractivity contribution in [2.75, 3.05) is 6.61 Å². The summed E-state index contributed by atoms with van der Waals surface area (Å²) in [7, 11) is 0. The molecule has 0 saturated carbocycles. The third-order valence-corrected chi connectivity index (χ3v) is 2.80. The van der Waals surface area contributed by atoms with Crippen LogP contribution in [0.5, 0.6) is 0 Å². The second kappa shape index (κ2) is 5.91. The van der Waals surface area contributed by atoms with Gasteiger partial charge in [0.25, 0.3) is 0 Å². The summed E-state index contributed by atoms with van der Waals surface area (Å²) >= 11 is 0. The second-order valence-corrected chi connectivity index (χ2v) is 3.90. The molecule has 0 heterocycles. The summed E-state index contributed by atoms with van der Waals surface area (Å²) < 4.78 is 31.3. The highest BCUT2D eigenvalue weighted by molar-refractivity contribution is 5.76. The summed E-state index contributed by atoms with van der Waals surface area (Å²) in [6.45, 7) is 3.12. The van der Waals surface area contributed by atoms with Crippen LogP contribution in [0.4, 0.5) is 8.78 Å². The van der Waals surface area contributed by atoms with E-state index < -0.39 is 23.6 Å². The maximum absolute atomic E-state index is 14.0. The van der Waals surface area contributed by atoms with Gasteiger partial charge in [0.2, 0.25) is 6.17 Å². The molecule has 2 unspecified atom stereocenters. The van der Waals surface area contributed by atoms with Crippen LogP contribution in [0.15, 0.2) is 24.3 Å². The van der Waals surface area contributed by atoms with E-state index in [0.717, 1.165) is 12.1 Å². The van der Waals surface area contributed by atoms with Crippen LogP contribution in [0.2, 0.25) is 0 Å². The van der Waals surface area contributed by atoms with E-state index in [2.05, 4.69) is 4.74 Å². The standard InChI is InChI=1S/C13H16F2O3/c1-3-13(17,11(15)12(16)18-4-2)9-5-7-10(14)8-6-9/h5-8,11,17H,3-4H2,1-2H3. The van der Waals surface area contributed by atoms with Crippen molar-refractivity contribution in [1.82, 2.24) is 0 Å². The molecule has 0 fully saturated rings. The minimum Gasteiger partial charge on any atom is -0.464 e. The van der Waals surface area contributed by atoms with Crippen molar-refractivity contribution in [3.05, 3.63) is 35.6 Å². The molecular weight excluding hydrogens is 242 g/mol. The summed E-state index contributed by atoms with van der Waals surface area (Å²) in [6.07, 6.45) is -2.23. The molecule has 3 nitrogen and oxygen atoms in total. The van der Waals surface area contributed by atoms with Gasteiger partial charge >= 0.3 is 5.97 Å². The molecule has 1 N–H and O–H groups in total. The molecule has 0 aromatic heterocycles. The summed E-state index contributed by atoms with van der Waals surface area (Å²) in [6, 6.07) is 4.72. The predicted octanol–water partition coefficient (Wildman–Crippen LogP) is 2.32. The Labute approximate surface area is 104 Å². The molecule has 0 bridgehead atoms. The first kappa shape index (κ1) is 14.6. The van der Waals surface area contributed by atoms with Gasteiger partial charge in [-0.15, -0.1) is 0 Å². The molecule has 0 amide bonds. The summed E-state index contributed by atoms with van der Waals surface area (Å²) in [4.78, 5) is 11.4. The Bertz CT molecular complexity index is 405. The van der Waals surface area contributed by atoms with Crippen molar-refractivity contribution >= 4 is 5.97 Å². The third-order valence-electron chi connectivity index (χ3n) is 2.80. The average Bonchev–Trinajstić information content (AvgIpc) is 2.38. The maximum Gasteiger partial charge on any atom is 0.344 e. The van der Waals surface area contributed by atoms with Crippen LogP contribution in [0.25, 0.3) is 0 Å². The Hall–Kier alpha value is -1.49. The monoisotopic (exact) mass is 258 g/mol. The molecule has 0 spiro atoms. The largest absolute Gasteiger partial charge is 0.464 e. The number of esters is 1. The van der Waals surface area contributed by atoms with E-state index in [-0.39, 0.29) is 18.6 Å². The topological polar surface area (TPSA) is 46.5 Å². The van der Waals surface area contributed by atoms with E-state index in [9.17, 15) is 18.7 Å². The zero-order valence-corrected chi connectivity index (χ0v) is 10.3. The lowest BCUT2D eigenvalue weighted by atomic mass is 9.86. The van der Waals surface area contributed by atoms with E-state index in [0.29, 0.717) is 0 Å². The van der Waals surface area contributed by atoms with E-state index in [1.165, 1.54) is 19.1 Å². The molecule has 0 aliphatic carbocycles. The average molecular weight is 258 g/mol. The van der Waals surface area contributed by atoms with Gasteiger partial charge in [-0.05, 0) is 31.0 Å². The van der Waals surface area contributed by atoms with Crippen molar-refractivity contribution in [2.45, 2.75) is 32.0 Å². The van der Waals surface area contributed by atoms with Gasteiger partial charge in [0.15, 0.2) is 0 Å². The molecule has 0 saturated heterocycles. The summed E-state index contributed by atoms with van der Waals surface area (Å²) in [5.41, 5.74) is -1.85. The lowest BCUT2D eigenvalue weighted by Gasteiger charge is -2.29. The second-order valence-electron chi connectivity index (χ2n) is 3.90. The van der Waals surface area contributed by atoms with Crippen LogP contribution in [0, 0.1) is 5.82 Å². The van der Waals surface area contributed by atoms with Gasteiger partial charge < -0.3 is 9.84 Å². The predicted molar refractivity (Wildman–Crippen MR) is 62.1 cm³/mol. The van der Waals surface area contributed by atoms with Gasteiger partial charge in [-0.25, -0.2) is 13.6 Å². The Morgan fingerprint density at radius 3 is 2.39 bits per heavy atom. The number of carbonyl (C=O) groups is 1. The lowest BCUT2D eigenvalue weighted by Crippen LogP contribution is -2.42. The van der Waals surface area contributed by atoms with Crippen molar-refractivity contribution in [2.24, 2.45) is 0 Å². The molecule has 1 rings (SSSR count). The Balaban J connectivity index is 3.04. The third kappa shape index (κ3) is 2.85. The molecule has 2 atom stereocenters. The highest BCUT2D eigenvalue weighted by atomic mass is 19.1. The number of alkyl halides is 1. The van der Waals surface area contributed by atoms with Gasteiger partial charge in [0, 0.05) is 0 Å². The van der Waals surface area contributed by atoms with E-state index >= 15 is 0 Å². The minimum absolute atomic E-state index is 0.0292. The number of hydrogen-bond donors (Lipinski definition) is 1. The van der Waals surface area contributed by atoms with Crippen LogP contribution in [-0.2, 0) is 15.1 Å². The fourth-order valence-corrected chi connectivity index (χ4v) is 1.68. The zero-order valence-electron chi connectivity index (χ0n) is 10.3. The molecule has 100 valence electrons. The first-order valence-corrected chi connectivity index (χ1v) is 5.74. The molecule has 1 aromatic rings. The number of rotatable bonds is 5. The molecule has 5 heteroatoms. The fraction of sp³-hybridized carbons (Fsp3) is 0.462. The van der Waals surface area contributed by atoms with Gasteiger partial charge in [0.05, 0.1) is 6.61 Å². The van der Waals surface area contributed by atoms with Crippen molar-refractivity contribution in [3.63, 3.8) is 0 Å². The van der Waals surface area contributed by atoms with E-state index in [4.69, 9.17) is 0 Å². The van der Waals surface area contributed by atoms with Gasteiger partial charge in [-0.1, -0.05) is 19.1 Å². The van der Waals surface area contributed by atoms with Crippen LogP contribution in [0.1, 0.15) is 25.8 Å². The van der Waals surface area contributed by atoms with Crippen molar-refractivity contribution in [3.8, 4) is 0 Å². The van der Waals surface area contributed by atoms with Crippen LogP contribution in [0.3, 0.4) is 0 Å². The molecule has 0 aliphatic rings. The quantitative estimate of drug-likeness (QED) is 0.824. The number of hydrogen-bond acceptors (Lipinski definition) is 3. The zero-order chi connectivity index (χ0) is 13.8. The van der Waals surface area contributed by atoms with E-state index in [1.807, 2.05) is 0 Å². The highest BCUT2D eigenvalue weighted by Gasteiger charge is 2.43. The van der Waals surface area contributed by atoms with Crippen LogP contribution < -0.4 is 0 Å². The summed E-state index contributed by atoms with van der Waals surface area (Å²) in [5, 5.41) is 10.2. The van der Waals surface area contributed by atoms with Crippen LogP contribution in [-0.4, -0.2) is 23.9 Å². The number of aliphatic hydroxyl groups is 1. The Morgan fingerprint density at radius 2 is 1.94 bits per heavy atom. The van der Waals surface area contributed by atoms with Crippen LogP contribution >= 0.6 is 0 Å². The number of benzene rings is 1. The van der Waals surface area contributed by atoms with Gasteiger partial charge in [0.1, 0.15) is 11.4 Å². The number of carbonyl (C=O) groups excluding carboxylic acids is 1. The fourth-order valence-electron chi connectivity index (χ4n) is 1.68. The van der Waals surface area contributed by atoms with Gasteiger partial charge in [-0.2, -0.15) is 0 Å². The molecule has 18 heavy (non-hydrogen) atoms. The SMILES string of the molecule is CCOC(=O)C(F)C(O)(CC)c1ccc(F)cc1. The summed E-state index contributed by atoms with van der Waals surface area (Å²) in [5.74, 6) is -1.62. The smallest absolute Gasteiger partial charge is 0.344 e. The molecule has 1 aromatic carbocycles. The first-order chi connectivity index (χ1) is 8.45. The maximum atomic E-state index is 14.0. The lowest BCUT2D eigenvalue weighted by molar-refractivity contribution is -0.162. The minimum atomic E-state index is -2.20. The Morgan fingerprint density at radius 1 is 1.39 bits per heavy atom. The van der Waals surface area contributed by atoms with Crippen molar-refractivity contribution < 1.29 is 23.4 Å².